The van der Waals surface area contributed by atoms with Crippen molar-refractivity contribution in [3.8, 4) is 18.2 Å². The molecule has 1 fully saturated rings. The SMILES string of the molecule is N#CCNCCNCCN1CCN(CCN(CCN)CCN(CC#N)CC#N)C1=O. The average molecular weight is 419 g/mol. The third kappa shape index (κ3) is 10.4. The Labute approximate surface area is 179 Å². The number of amides is 2. The molecule has 1 saturated heterocycles. The minimum absolute atomic E-state index is 0.0580. The number of hydrogen-bond acceptors (Lipinski definition) is 9. The maximum absolute atomic E-state index is 12.6. The van der Waals surface area contributed by atoms with Crippen LogP contribution in [0.5, 0.6) is 0 Å². The largest absolute Gasteiger partial charge is 0.329 e. The second-order valence-electron chi connectivity index (χ2n) is 7.00. The lowest BCUT2D eigenvalue weighted by Gasteiger charge is -2.27. The molecule has 0 bridgehead atoms. The summed E-state index contributed by atoms with van der Waals surface area (Å²) in [6, 6.07) is 6.25. The lowest BCUT2D eigenvalue weighted by Crippen LogP contribution is -2.43. The molecule has 2 amide bonds. The van der Waals surface area contributed by atoms with E-state index in [0.29, 0.717) is 58.9 Å². The molecule has 11 nitrogen and oxygen atoms in total. The van der Waals surface area contributed by atoms with Gasteiger partial charge >= 0.3 is 6.03 Å². The average Bonchev–Trinajstić information content (AvgIpc) is 3.09. The van der Waals surface area contributed by atoms with Crippen LogP contribution < -0.4 is 16.4 Å². The van der Waals surface area contributed by atoms with Gasteiger partial charge in [0.25, 0.3) is 0 Å². The number of hydrogen-bond donors (Lipinski definition) is 3. The van der Waals surface area contributed by atoms with Crippen LogP contribution in [0.4, 0.5) is 4.79 Å². The first-order valence-corrected chi connectivity index (χ1v) is 10.4. The first kappa shape index (κ1) is 25.6. The van der Waals surface area contributed by atoms with E-state index >= 15 is 0 Å². The van der Waals surface area contributed by atoms with E-state index < -0.39 is 0 Å². The predicted molar refractivity (Wildman–Crippen MR) is 113 cm³/mol. The molecule has 1 heterocycles. The van der Waals surface area contributed by atoms with Gasteiger partial charge in [-0.2, -0.15) is 15.8 Å². The zero-order valence-corrected chi connectivity index (χ0v) is 17.7. The summed E-state index contributed by atoms with van der Waals surface area (Å²) in [4.78, 5) is 20.3. The molecule has 0 aromatic carbocycles. The van der Waals surface area contributed by atoms with Gasteiger partial charge < -0.3 is 26.2 Å². The molecular formula is C19H34N10O. The number of carbonyl (C=O) groups excluding carboxylic acids is 1. The highest BCUT2D eigenvalue weighted by atomic mass is 16.2. The summed E-state index contributed by atoms with van der Waals surface area (Å²) in [6.07, 6.45) is 0. The molecule has 0 atom stereocenters. The number of nitrogens with two attached hydrogens (primary N) is 1. The van der Waals surface area contributed by atoms with Crippen molar-refractivity contribution < 1.29 is 4.79 Å². The number of nitrogens with zero attached hydrogens (tertiary/aromatic N) is 7. The van der Waals surface area contributed by atoms with Crippen molar-refractivity contribution in [1.82, 2.24) is 30.2 Å². The van der Waals surface area contributed by atoms with E-state index in [-0.39, 0.29) is 19.1 Å². The Kier molecular flexibility index (Phi) is 13.9. The van der Waals surface area contributed by atoms with Gasteiger partial charge in [0.2, 0.25) is 0 Å². The number of nitriles is 3. The second-order valence-corrected chi connectivity index (χ2v) is 7.00. The van der Waals surface area contributed by atoms with E-state index in [2.05, 4.69) is 27.7 Å². The fourth-order valence-corrected chi connectivity index (χ4v) is 3.18. The van der Waals surface area contributed by atoms with Gasteiger partial charge in [-0.3, -0.25) is 9.80 Å². The molecule has 11 heteroatoms. The number of nitrogens with one attached hydrogen (secondary N) is 2. The first-order valence-electron chi connectivity index (χ1n) is 10.4. The fourth-order valence-electron chi connectivity index (χ4n) is 3.18. The summed E-state index contributed by atoms with van der Waals surface area (Å²) >= 11 is 0. The van der Waals surface area contributed by atoms with Crippen molar-refractivity contribution in [2.24, 2.45) is 5.73 Å². The van der Waals surface area contributed by atoms with E-state index in [9.17, 15) is 4.79 Å². The fraction of sp³-hybridized carbons (Fsp3) is 0.789. The monoisotopic (exact) mass is 418 g/mol. The van der Waals surface area contributed by atoms with E-state index in [1.807, 2.05) is 15.9 Å². The number of carbonyl (C=O) groups is 1. The highest BCUT2D eigenvalue weighted by Crippen LogP contribution is 2.08. The molecule has 1 rings (SSSR count). The minimum Gasteiger partial charge on any atom is -0.329 e. The van der Waals surface area contributed by atoms with E-state index in [0.717, 1.165) is 26.2 Å². The molecule has 0 radical (unpaired) electrons. The lowest BCUT2D eigenvalue weighted by molar-refractivity contribution is 0.178. The summed E-state index contributed by atoms with van der Waals surface area (Å²) in [6.45, 7) is 9.02. The van der Waals surface area contributed by atoms with E-state index in [4.69, 9.17) is 21.5 Å². The van der Waals surface area contributed by atoms with Crippen LogP contribution in [0.1, 0.15) is 0 Å². The smallest absolute Gasteiger partial charge is 0.320 e. The van der Waals surface area contributed by atoms with Crippen LogP contribution in [0.3, 0.4) is 0 Å². The normalized spacial score (nSPS) is 13.7. The van der Waals surface area contributed by atoms with Gasteiger partial charge in [0.05, 0.1) is 37.8 Å². The van der Waals surface area contributed by atoms with Crippen molar-refractivity contribution in [3.05, 3.63) is 0 Å². The van der Waals surface area contributed by atoms with Crippen molar-refractivity contribution >= 4 is 6.03 Å². The Morgan fingerprint density at radius 2 is 1.47 bits per heavy atom. The molecule has 30 heavy (non-hydrogen) atoms. The van der Waals surface area contributed by atoms with Crippen molar-refractivity contribution in [1.29, 1.82) is 15.8 Å². The van der Waals surface area contributed by atoms with Gasteiger partial charge in [0.1, 0.15) is 0 Å². The summed E-state index contributed by atoms with van der Waals surface area (Å²) in [7, 11) is 0. The third-order valence-corrected chi connectivity index (χ3v) is 4.87. The predicted octanol–water partition coefficient (Wildman–Crippen LogP) is -1.96. The van der Waals surface area contributed by atoms with Crippen LogP contribution in [0.15, 0.2) is 0 Å². The third-order valence-electron chi connectivity index (χ3n) is 4.87. The van der Waals surface area contributed by atoms with Gasteiger partial charge in [-0.1, -0.05) is 0 Å². The molecule has 0 spiro atoms. The van der Waals surface area contributed by atoms with Gasteiger partial charge in [0.15, 0.2) is 0 Å². The zero-order chi connectivity index (χ0) is 22.0. The lowest BCUT2D eigenvalue weighted by atomic mass is 10.4. The van der Waals surface area contributed by atoms with E-state index in [1.54, 1.807) is 4.90 Å². The van der Waals surface area contributed by atoms with Crippen molar-refractivity contribution in [2.45, 2.75) is 0 Å². The van der Waals surface area contributed by atoms with Crippen LogP contribution in [0.2, 0.25) is 0 Å². The summed E-state index contributed by atoms with van der Waals surface area (Å²) in [5.74, 6) is 0. The minimum atomic E-state index is 0.0580. The van der Waals surface area contributed by atoms with Crippen LogP contribution in [0.25, 0.3) is 0 Å². The second kappa shape index (κ2) is 16.3. The maximum Gasteiger partial charge on any atom is 0.320 e. The molecule has 0 unspecified atom stereocenters. The molecule has 4 N–H and O–H groups in total. The standard InChI is InChI=1S/C19H34N10O/c20-1-5-24-6-7-25-8-12-28-17-18-29(19(28)30)16-15-27(11-4-23)14-13-26(9-2-21)10-3-22/h24-25H,4-18,23H2. The highest BCUT2D eigenvalue weighted by molar-refractivity contribution is 5.76. The van der Waals surface area contributed by atoms with Gasteiger partial charge in [-0.05, 0) is 0 Å². The van der Waals surface area contributed by atoms with E-state index in [1.165, 1.54) is 0 Å². The molecule has 1 aliphatic rings. The highest BCUT2D eigenvalue weighted by Gasteiger charge is 2.27. The summed E-state index contributed by atoms with van der Waals surface area (Å²) in [5.41, 5.74) is 5.72. The quantitative estimate of drug-likeness (QED) is 0.180. The number of urea groups is 1. The van der Waals surface area contributed by atoms with Crippen LogP contribution in [-0.4, -0.2) is 124 Å². The van der Waals surface area contributed by atoms with Crippen LogP contribution in [0, 0.1) is 34.0 Å². The molecular weight excluding hydrogens is 384 g/mol. The van der Waals surface area contributed by atoms with Crippen molar-refractivity contribution in [2.75, 3.05) is 98.2 Å². The molecule has 0 aromatic heterocycles. The van der Waals surface area contributed by atoms with Gasteiger partial charge in [-0.15, -0.1) is 0 Å². The molecule has 0 aliphatic carbocycles. The zero-order valence-electron chi connectivity index (χ0n) is 17.7. The Hall–Kier alpha value is -2.46. The molecule has 166 valence electrons. The molecule has 0 saturated carbocycles. The van der Waals surface area contributed by atoms with Crippen molar-refractivity contribution in [3.63, 3.8) is 0 Å². The first-order chi connectivity index (χ1) is 14.7. The van der Waals surface area contributed by atoms with Crippen LogP contribution in [-0.2, 0) is 0 Å². The Morgan fingerprint density at radius 1 is 0.833 bits per heavy atom. The Morgan fingerprint density at radius 3 is 2.10 bits per heavy atom. The molecule has 0 aromatic rings. The van der Waals surface area contributed by atoms with Crippen LogP contribution >= 0.6 is 0 Å². The molecule has 1 aliphatic heterocycles. The maximum atomic E-state index is 12.6. The Bertz CT molecular complexity index is 592. The van der Waals surface area contributed by atoms with Gasteiger partial charge in [-0.25, -0.2) is 4.79 Å². The number of rotatable bonds is 17. The topological polar surface area (TPSA) is 151 Å². The summed E-state index contributed by atoms with van der Waals surface area (Å²) < 4.78 is 0. The Balaban J connectivity index is 2.30. The van der Waals surface area contributed by atoms with Gasteiger partial charge in [0, 0.05) is 78.5 Å². The summed E-state index contributed by atoms with van der Waals surface area (Å²) in [5, 5.41) is 32.4.